The molecule has 0 unspecified atom stereocenters. The number of rotatable bonds is 2. The van der Waals surface area contributed by atoms with Crippen LogP contribution in [0.4, 0.5) is 0 Å². The average Bonchev–Trinajstić information content (AvgIpc) is 2.07. The molecule has 1 heteroatoms. The Morgan fingerprint density at radius 1 is 1.23 bits per heavy atom. The van der Waals surface area contributed by atoms with Crippen molar-refractivity contribution in [3.05, 3.63) is 35.4 Å². The van der Waals surface area contributed by atoms with Gasteiger partial charge in [0.05, 0.1) is 0 Å². The second-order valence-electron chi connectivity index (χ2n) is 4.16. The molecule has 1 aliphatic rings. The molecular weight excluding hydrogens is 176 g/mol. The monoisotopic (exact) mass is 192 g/mol. The first kappa shape index (κ1) is 9.14. The number of aryl methyl sites for hydroxylation is 1. The average molecular weight is 192 g/mol. The van der Waals surface area contributed by atoms with Gasteiger partial charge in [0.25, 0.3) is 0 Å². The van der Waals surface area contributed by atoms with Gasteiger partial charge in [-0.05, 0) is 31.1 Å². The predicted molar refractivity (Wildman–Crippen MR) is 60.6 cm³/mol. The smallest absolute Gasteiger partial charge is 0.00410 e. The van der Waals surface area contributed by atoms with Crippen LogP contribution in [0.25, 0.3) is 0 Å². The molecule has 1 aliphatic carbocycles. The lowest BCUT2D eigenvalue weighted by atomic mass is 9.66. The van der Waals surface area contributed by atoms with Crippen LogP contribution in [0, 0.1) is 6.92 Å². The van der Waals surface area contributed by atoms with Crippen LogP contribution in [0.2, 0.25) is 0 Å². The van der Waals surface area contributed by atoms with E-state index in [1.165, 1.54) is 30.4 Å². The Labute approximate surface area is 85.8 Å². The van der Waals surface area contributed by atoms with Crippen LogP contribution in [0.5, 0.6) is 0 Å². The third-order valence-electron chi connectivity index (χ3n) is 3.28. The Kier molecular flexibility index (Phi) is 2.37. The van der Waals surface area contributed by atoms with Crippen LogP contribution < -0.4 is 0 Å². The molecule has 1 fully saturated rings. The standard InChI is InChI=1S/C12H16S/c1-10-3-5-11(6-4-10)12(9-13)7-2-8-12/h3-6,13H,2,7-9H2,1H3. The summed E-state index contributed by atoms with van der Waals surface area (Å²) in [7, 11) is 0. The minimum Gasteiger partial charge on any atom is -0.178 e. The third-order valence-corrected chi connectivity index (χ3v) is 3.88. The Morgan fingerprint density at radius 3 is 2.23 bits per heavy atom. The summed E-state index contributed by atoms with van der Waals surface area (Å²) in [4.78, 5) is 0. The van der Waals surface area contributed by atoms with E-state index in [1.807, 2.05) is 0 Å². The summed E-state index contributed by atoms with van der Waals surface area (Å²) in [6.07, 6.45) is 4.01. The molecule has 1 aromatic carbocycles. The van der Waals surface area contributed by atoms with Crippen LogP contribution >= 0.6 is 12.6 Å². The van der Waals surface area contributed by atoms with Crippen molar-refractivity contribution in [1.29, 1.82) is 0 Å². The Bertz CT molecular complexity index is 277. The van der Waals surface area contributed by atoms with Crippen molar-refractivity contribution in [1.82, 2.24) is 0 Å². The van der Waals surface area contributed by atoms with Crippen LogP contribution in [0.15, 0.2) is 24.3 Å². The van der Waals surface area contributed by atoms with Crippen LogP contribution in [0.3, 0.4) is 0 Å². The SMILES string of the molecule is Cc1ccc(C2(CS)CCC2)cc1. The van der Waals surface area contributed by atoms with Gasteiger partial charge in [-0.3, -0.25) is 0 Å². The van der Waals surface area contributed by atoms with E-state index in [-0.39, 0.29) is 0 Å². The highest BCUT2D eigenvalue weighted by molar-refractivity contribution is 7.80. The normalized spacial score (nSPS) is 19.5. The van der Waals surface area contributed by atoms with E-state index in [1.54, 1.807) is 0 Å². The summed E-state index contributed by atoms with van der Waals surface area (Å²) in [6, 6.07) is 8.95. The molecule has 0 heterocycles. The fourth-order valence-corrected chi connectivity index (χ4v) is 2.55. The van der Waals surface area contributed by atoms with E-state index in [4.69, 9.17) is 0 Å². The van der Waals surface area contributed by atoms with Gasteiger partial charge >= 0.3 is 0 Å². The molecule has 0 nitrogen and oxygen atoms in total. The molecule has 13 heavy (non-hydrogen) atoms. The maximum absolute atomic E-state index is 4.47. The number of thiol groups is 1. The Balaban J connectivity index is 2.28. The largest absolute Gasteiger partial charge is 0.178 e. The highest BCUT2D eigenvalue weighted by Crippen LogP contribution is 2.44. The van der Waals surface area contributed by atoms with Crippen molar-refractivity contribution < 1.29 is 0 Å². The Hall–Kier alpha value is -0.430. The summed E-state index contributed by atoms with van der Waals surface area (Å²) in [5.41, 5.74) is 3.24. The lowest BCUT2D eigenvalue weighted by Gasteiger charge is -2.41. The summed E-state index contributed by atoms with van der Waals surface area (Å²) in [5.74, 6) is 0.996. The van der Waals surface area contributed by atoms with Crippen molar-refractivity contribution in [2.45, 2.75) is 31.6 Å². The summed E-state index contributed by atoms with van der Waals surface area (Å²) in [5, 5.41) is 0. The van der Waals surface area contributed by atoms with Gasteiger partial charge in [-0.2, -0.15) is 12.6 Å². The number of hydrogen-bond acceptors (Lipinski definition) is 1. The molecular formula is C12H16S. The first-order valence-corrected chi connectivity index (χ1v) is 5.58. The number of benzene rings is 1. The zero-order chi connectivity index (χ0) is 9.31. The lowest BCUT2D eigenvalue weighted by molar-refractivity contribution is 0.279. The molecule has 0 spiro atoms. The van der Waals surface area contributed by atoms with Crippen LogP contribution in [-0.2, 0) is 5.41 Å². The molecule has 70 valence electrons. The van der Waals surface area contributed by atoms with Gasteiger partial charge < -0.3 is 0 Å². The zero-order valence-electron chi connectivity index (χ0n) is 8.09. The lowest BCUT2D eigenvalue weighted by Crippen LogP contribution is -2.35. The molecule has 0 N–H and O–H groups in total. The minimum atomic E-state index is 0.414. The van der Waals surface area contributed by atoms with Gasteiger partial charge in [-0.15, -0.1) is 0 Å². The summed E-state index contributed by atoms with van der Waals surface area (Å²) in [6.45, 7) is 2.14. The molecule has 0 radical (unpaired) electrons. The molecule has 1 saturated carbocycles. The highest BCUT2D eigenvalue weighted by Gasteiger charge is 2.36. The van der Waals surface area contributed by atoms with Crippen LogP contribution in [-0.4, -0.2) is 5.75 Å². The van der Waals surface area contributed by atoms with Crippen molar-refractivity contribution in [2.75, 3.05) is 5.75 Å². The third kappa shape index (κ3) is 1.50. The molecule has 0 saturated heterocycles. The fourth-order valence-electron chi connectivity index (χ4n) is 2.05. The molecule has 1 aromatic rings. The second-order valence-corrected chi connectivity index (χ2v) is 4.47. The molecule has 0 aromatic heterocycles. The van der Waals surface area contributed by atoms with E-state index >= 15 is 0 Å². The summed E-state index contributed by atoms with van der Waals surface area (Å²) < 4.78 is 0. The van der Waals surface area contributed by atoms with Crippen molar-refractivity contribution in [3.63, 3.8) is 0 Å². The first-order valence-electron chi connectivity index (χ1n) is 4.95. The molecule has 0 amide bonds. The maximum Gasteiger partial charge on any atom is 0.00410 e. The quantitative estimate of drug-likeness (QED) is 0.683. The zero-order valence-corrected chi connectivity index (χ0v) is 8.98. The molecule has 2 rings (SSSR count). The van der Waals surface area contributed by atoms with E-state index in [0.29, 0.717) is 5.41 Å². The van der Waals surface area contributed by atoms with E-state index < -0.39 is 0 Å². The first-order chi connectivity index (χ1) is 6.27. The predicted octanol–water partition coefficient (Wildman–Crippen LogP) is 3.35. The molecule has 0 bridgehead atoms. The van der Waals surface area contributed by atoms with E-state index in [9.17, 15) is 0 Å². The second kappa shape index (κ2) is 3.38. The minimum absolute atomic E-state index is 0.414. The Morgan fingerprint density at radius 2 is 1.85 bits per heavy atom. The molecule has 0 aliphatic heterocycles. The van der Waals surface area contributed by atoms with Crippen molar-refractivity contribution in [2.24, 2.45) is 0 Å². The maximum atomic E-state index is 4.47. The summed E-state index contributed by atoms with van der Waals surface area (Å²) >= 11 is 4.47. The topological polar surface area (TPSA) is 0 Å². The van der Waals surface area contributed by atoms with Gasteiger partial charge in [0, 0.05) is 5.41 Å². The van der Waals surface area contributed by atoms with Gasteiger partial charge in [0.1, 0.15) is 0 Å². The number of hydrogen-bond donors (Lipinski definition) is 1. The van der Waals surface area contributed by atoms with Crippen LogP contribution in [0.1, 0.15) is 30.4 Å². The fraction of sp³-hybridized carbons (Fsp3) is 0.500. The van der Waals surface area contributed by atoms with Gasteiger partial charge in [0.15, 0.2) is 0 Å². The van der Waals surface area contributed by atoms with Crippen molar-refractivity contribution >= 4 is 12.6 Å². The van der Waals surface area contributed by atoms with Gasteiger partial charge in [-0.1, -0.05) is 36.2 Å². The van der Waals surface area contributed by atoms with E-state index in [0.717, 1.165) is 5.75 Å². The van der Waals surface area contributed by atoms with Gasteiger partial charge in [-0.25, -0.2) is 0 Å². The van der Waals surface area contributed by atoms with Crippen molar-refractivity contribution in [3.8, 4) is 0 Å². The van der Waals surface area contributed by atoms with E-state index in [2.05, 4.69) is 43.8 Å². The highest BCUT2D eigenvalue weighted by atomic mass is 32.1. The van der Waals surface area contributed by atoms with Gasteiger partial charge in [0.2, 0.25) is 0 Å². The molecule has 0 atom stereocenters.